The summed E-state index contributed by atoms with van der Waals surface area (Å²) >= 11 is 1.37. The van der Waals surface area contributed by atoms with Crippen molar-refractivity contribution in [3.05, 3.63) is 60.5 Å². The molecule has 128 valence electrons. The SMILES string of the molecule is COc1cccc(-n2cc(-c3ccc(F)cc3)nc2SCC(C)=O)c1. The molecule has 0 fully saturated rings. The first-order valence-corrected chi connectivity index (χ1v) is 8.67. The molecule has 6 heteroatoms. The number of rotatable bonds is 6. The molecule has 0 amide bonds. The van der Waals surface area contributed by atoms with Crippen molar-refractivity contribution in [2.75, 3.05) is 12.9 Å². The first-order chi connectivity index (χ1) is 12.1. The topological polar surface area (TPSA) is 44.1 Å². The van der Waals surface area contributed by atoms with Gasteiger partial charge < -0.3 is 4.74 Å². The van der Waals surface area contributed by atoms with Crippen LogP contribution in [0.5, 0.6) is 5.75 Å². The lowest BCUT2D eigenvalue weighted by Crippen LogP contribution is -1.99. The lowest BCUT2D eigenvalue weighted by molar-refractivity contribution is -0.114. The van der Waals surface area contributed by atoms with Crippen molar-refractivity contribution < 1.29 is 13.9 Å². The van der Waals surface area contributed by atoms with E-state index in [4.69, 9.17) is 4.74 Å². The lowest BCUT2D eigenvalue weighted by Gasteiger charge is -2.08. The number of imidazole rings is 1. The van der Waals surface area contributed by atoms with Crippen LogP contribution in [-0.2, 0) is 4.79 Å². The number of nitrogens with zero attached hydrogens (tertiary/aromatic N) is 2. The molecular weight excluding hydrogens is 339 g/mol. The first-order valence-electron chi connectivity index (χ1n) is 7.69. The van der Waals surface area contributed by atoms with E-state index in [2.05, 4.69) is 4.98 Å². The number of carbonyl (C=O) groups is 1. The largest absolute Gasteiger partial charge is 0.497 e. The molecule has 0 unspecified atom stereocenters. The molecule has 1 aromatic heterocycles. The molecule has 3 aromatic rings. The molecule has 0 bridgehead atoms. The van der Waals surface area contributed by atoms with Gasteiger partial charge in [0.25, 0.3) is 0 Å². The number of Topliss-reactive ketones (excluding diaryl/α,β-unsaturated/α-hetero) is 1. The molecule has 0 aliphatic heterocycles. The van der Waals surface area contributed by atoms with Crippen LogP contribution >= 0.6 is 11.8 Å². The van der Waals surface area contributed by atoms with Crippen LogP contribution in [0, 0.1) is 5.82 Å². The number of carbonyl (C=O) groups excluding carboxylic acids is 1. The summed E-state index contributed by atoms with van der Waals surface area (Å²) in [5, 5.41) is 0.697. The maximum Gasteiger partial charge on any atom is 0.173 e. The zero-order chi connectivity index (χ0) is 17.8. The van der Waals surface area contributed by atoms with Gasteiger partial charge in [-0.2, -0.15) is 0 Å². The molecular formula is C19H17FN2O2S. The van der Waals surface area contributed by atoms with E-state index in [1.165, 1.54) is 23.9 Å². The average molecular weight is 356 g/mol. The Bertz CT molecular complexity index is 891. The maximum atomic E-state index is 13.2. The third kappa shape index (κ3) is 4.09. The van der Waals surface area contributed by atoms with Gasteiger partial charge in [0.05, 0.1) is 24.2 Å². The fourth-order valence-electron chi connectivity index (χ4n) is 2.34. The first kappa shape index (κ1) is 17.2. The molecule has 0 saturated carbocycles. The molecule has 0 spiro atoms. The van der Waals surface area contributed by atoms with Crippen LogP contribution in [0.3, 0.4) is 0 Å². The van der Waals surface area contributed by atoms with Crippen molar-refractivity contribution in [2.45, 2.75) is 12.1 Å². The van der Waals surface area contributed by atoms with E-state index in [1.54, 1.807) is 26.2 Å². The molecule has 2 aromatic carbocycles. The van der Waals surface area contributed by atoms with E-state index in [-0.39, 0.29) is 11.6 Å². The Kier molecular flexibility index (Phi) is 5.19. The smallest absolute Gasteiger partial charge is 0.173 e. The van der Waals surface area contributed by atoms with Gasteiger partial charge in [-0.15, -0.1) is 0 Å². The highest BCUT2D eigenvalue weighted by molar-refractivity contribution is 7.99. The number of halogens is 1. The van der Waals surface area contributed by atoms with Crippen molar-refractivity contribution in [2.24, 2.45) is 0 Å². The fourth-order valence-corrected chi connectivity index (χ4v) is 3.13. The minimum atomic E-state index is -0.290. The summed E-state index contributed by atoms with van der Waals surface area (Å²) in [6.07, 6.45) is 1.88. The van der Waals surface area contributed by atoms with Crippen molar-refractivity contribution in [3.63, 3.8) is 0 Å². The van der Waals surface area contributed by atoms with Crippen LogP contribution in [-0.4, -0.2) is 28.2 Å². The molecule has 0 aliphatic carbocycles. The van der Waals surface area contributed by atoms with Gasteiger partial charge in [0, 0.05) is 17.8 Å². The number of ether oxygens (including phenoxy) is 1. The van der Waals surface area contributed by atoms with Gasteiger partial charge in [-0.3, -0.25) is 9.36 Å². The van der Waals surface area contributed by atoms with E-state index >= 15 is 0 Å². The van der Waals surface area contributed by atoms with Crippen LogP contribution in [0.4, 0.5) is 4.39 Å². The molecule has 0 N–H and O–H groups in total. The predicted octanol–water partition coefficient (Wildman–Crippen LogP) is 4.37. The number of aromatic nitrogens is 2. The zero-order valence-electron chi connectivity index (χ0n) is 13.9. The van der Waals surface area contributed by atoms with Gasteiger partial charge in [-0.25, -0.2) is 9.37 Å². The fraction of sp³-hybridized carbons (Fsp3) is 0.158. The number of methoxy groups -OCH3 is 1. The summed E-state index contributed by atoms with van der Waals surface area (Å²) in [4.78, 5) is 16.0. The second-order valence-corrected chi connectivity index (χ2v) is 6.42. The molecule has 4 nitrogen and oxygen atoms in total. The number of benzene rings is 2. The lowest BCUT2D eigenvalue weighted by atomic mass is 10.2. The van der Waals surface area contributed by atoms with E-state index in [0.717, 1.165) is 17.0 Å². The third-order valence-corrected chi connectivity index (χ3v) is 4.65. The summed E-state index contributed by atoms with van der Waals surface area (Å²) in [5.74, 6) is 0.858. The standard InChI is InChI=1S/C19H17FN2O2S/c1-13(23)12-25-19-21-18(14-6-8-15(20)9-7-14)11-22(19)16-4-3-5-17(10-16)24-2/h3-11H,12H2,1-2H3. The second kappa shape index (κ2) is 7.53. The van der Waals surface area contributed by atoms with Crippen molar-refractivity contribution in [1.29, 1.82) is 0 Å². The van der Waals surface area contributed by atoms with E-state index in [0.29, 0.717) is 16.6 Å². The Morgan fingerprint density at radius 3 is 2.68 bits per heavy atom. The van der Waals surface area contributed by atoms with Gasteiger partial charge in [0.15, 0.2) is 5.16 Å². The highest BCUT2D eigenvalue weighted by atomic mass is 32.2. The van der Waals surface area contributed by atoms with Gasteiger partial charge >= 0.3 is 0 Å². The Morgan fingerprint density at radius 2 is 2.00 bits per heavy atom. The summed E-state index contributed by atoms with van der Waals surface area (Å²) in [6, 6.07) is 13.8. The summed E-state index contributed by atoms with van der Waals surface area (Å²) in [7, 11) is 1.61. The Balaban J connectivity index is 2.04. The van der Waals surface area contributed by atoms with Crippen LogP contribution in [0.1, 0.15) is 6.92 Å². The molecule has 1 heterocycles. The number of thioether (sulfide) groups is 1. The molecule has 0 atom stereocenters. The molecule has 0 radical (unpaired) electrons. The quantitative estimate of drug-likeness (QED) is 0.615. The van der Waals surface area contributed by atoms with Crippen LogP contribution in [0.25, 0.3) is 16.9 Å². The number of ketones is 1. The monoisotopic (exact) mass is 356 g/mol. The van der Waals surface area contributed by atoms with Crippen molar-refractivity contribution >= 4 is 17.5 Å². The normalized spacial score (nSPS) is 10.7. The predicted molar refractivity (Wildman–Crippen MR) is 96.9 cm³/mol. The Labute approximate surface area is 149 Å². The van der Waals surface area contributed by atoms with Crippen LogP contribution < -0.4 is 4.74 Å². The summed E-state index contributed by atoms with van der Waals surface area (Å²) < 4.78 is 20.4. The average Bonchev–Trinajstić information content (AvgIpc) is 3.05. The van der Waals surface area contributed by atoms with E-state index in [9.17, 15) is 9.18 Å². The Hall–Kier alpha value is -2.60. The van der Waals surface area contributed by atoms with Crippen LogP contribution in [0.2, 0.25) is 0 Å². The Morgan fingerprint density at radius 1 is 1.24 bits per heavy atom. The minimum Gasteiger partial charge on any atom is -0.497 e. The van der Waals surface area contributed by atoms with Gasteiger partial charge in [0.2, 0.25) is 0 Å². The van der Waals surface area contributed by atoms with Gasteiger partial charge in [-0.05, 0) is 43.3 Å². The molecule has 25 heavy (non-hydrogen) atoms. The van der Waals surface area contributed by atoms with Crippen LogP contribution in [0.15, 0.2) is 59.9 Å². The molecule has 0 aliphatic rings. The number of hydrogen-bond donors (Lipinski definition) is 0. The second-order valence-electron chi connectivity index (χ2n) is 5.48. The summed E-state index contributed by atoms with van der Waals surface area (Å²) in [6.45, 7) is 1.55. The van der Waals surface area contributed by atoms with E-state index in [1.807, 2.05) is 35.0 Å². The van der Waals surface area contributed by atoms with Gasteiger partial charge in [0.1, 0.15) is 17.3 Å². The van der Waals surface area contributed by atoms with Crippen molar-refractivity contribution in [3.8, 4) is 22.7 Å². The highest BCUT2D eigenvalue weighted by Gasteiger charge is 2.13. The number of hydrogen-bond acceptors (Lipinski definition) is 4. The summed E-state index contributed by atoms with van der Waals surface area (Å²) in [5.41, 5.74) is 2.41. The highest BCUT2D eigenvalue weighted by Crippen LogP contribution is 2.28. The minimum absolute atomic E-state index is 0.0773. The molecule has 3 rings (SSSR count). The van der Waals surface area contributed by atoms with Gasteiger partial charge in [-0.1, -0.05) is 17.8 Å². The molecule has 0 saturated heterocycles. The third-order valence-electron chi connectivity index (χ3n) is 3.55. The maximum absolute atomic E-state index is 13.2. The zero-order valence-corrected chi connectivity index (χ0v) is 14.7. The van der Waals surface area contributed by atoms with Crippen molar-refractivity contribution in [1.82, 2.24) is 9.55 Å². The van der Waals surface area contributed by atoms with E-state index < -0.39 is 0 Å².